The molecule has 1 amide bonds. The number of nitrogens with zero attached hydrogens (tertiary/aromatic N) is 3. The van der Waals surface area contributed by atoms with Gasteiger partial charge in [-0.15, -0.1) is 0 Å². The summed E-state index contributed by atoms with van der Waals surface area (Å²) in [4.78, 5) is 13.5. The van der Waals surface area contributed by atoms with E-state index < -0.39 is 6.09 Å². The van der Waals surface area contributed by atoms with Crippen LogP contribution in [0, 0.1) is 17.7 Å². The van der Waals surface area contributed by atoms with Crippen LogP contribution in [0.15, 0.2) is 48.8 Å². The Morgan fingerprint density at radius 3 is 2.60 bits per heavy atom. The van der Waals surface area contributed by atoms with Crippen LogP contribution in [-0.2, 0) is 6.42 Å². The lowest BCUT2D eigenvalue weighted by Gasteiger charge is -2.34. The molecule has 1 saturated carbocycles. The first-order chi connectivity index (χ1) is 17.0. The van der Waals surface area contributed by atoms with Crippen molar-refractivity contribution in [2.24, 2.45) is 11.8 Å². The molecule has 35 heavy (non-hydrogen) atoms. The van der Waals surface area contributed by atoms with Crippen molar-refractivity contribution in [2.45, 2.75) is 44.7 Å². The minimum atomic E-state index is -0.979. The van der Waals surface area contributed by atoms with E-state index in [9.17, 15) is 14.3 Å². The number of rotatable bonds is 4. The monoisotopic (exact) mass is 476 g/mol. The largest absolute Gasteiger partial charge is 0.465 e. The van der Waals surface area contributed by atoms with Crippen molar-refractivity contribution < 1.29 is 19.0 Å². The highest BCUT2D eigenvalue weighted by Crippen LogP contribution is 2.46. The summed E-state index contributed by atoms with van der Waals surface area (Å²) in [6.07, 6.45) is 6.62. The van der Waals surface area contributed by atoms with Crippen molar-refractivity contribution in [3.63, 3.8) is 0 Å². The minimum Gasteiger partial charge on any atom is -0.465 e. The number of carboxylic acid groups (broad SMARTS) is 1. The van der Waals surface area contributed by atoms with Crippen LogP contribution in [0.5, 0.6) is 11.5 Å². The molecule has 1 aliphatic carbocycles. The Morgan fingerprint density at radius 2 is 1.89 bits per heavy atom. The lowest BCUT2D eigenvalue weighted by Crippen LogP contribution is -2.41. The first kappa shape index (κ1) is 22.1. The van der Waals surface area contributed by atoms with Crippen molar-refractivity contribution >= 4 is 11.8 Å². The van der Waals surface area contributed by atoms with Gasteiger partial charge in [0, 0.05) is 28.9 Å². The number of carbonyl (C=O) groups is 1. The van der Waals surface area contributed by atoms with Gasteiger partial charge in [-0.05, 0) is 93.9 Å². The van der Waals surface area contributed by atoms with Gasteiger partial charge in [0.1, 0.15) is 17.3 Å². The molecule has 2 unspecified atom stereocenters. The second-order valence-corrected chi connectivity index (χ2v) is 10.0. The SMILES string of the molecule is C[C@H]1CCc2c(ccc(-c3cnn(C4CC5CNCC5C4)c3)c2Oc2ccc(F)cc2)N1C(=O)O. The third-order valence-electron chi connectivity index (χ3n) is 7.90. The first-order valence-electron chi connectivity index (χ1n) is 12.3. The van der Waals surface area contributed by atoms with Gasteiger partial charge in [-0.1, -0.05) is 0 Å². The number of ether oxygens (including phenoxy) is 1. The second kappa shape index (κ2) is 8.68. The molecular formula is C27H29FN4O3. The molecule has 182 valence electrons. The number of anilines is 1. The van der Waals surface area contributed by atoms with Crippen LogP contribution in [0.4, 0.5) is 14.9 Å². The summed E-state index contributed by atoms with van der Waals surface area (Å²) < 4.78 is 21.9. The molecule has 1 aromatic heterocycles. The zero-order chi connectivity index (χ0) is 24.1. The predicted octanol–water partition coefficient (Wildman–Crippen LogP) is 5.47. The zero-order valence-corrected chi connectivity index (χ0v) is 19.7. The van der Waals surface area contributed by atoms with Crippen molar-refractivity contribution in [1.82, 2.24) is 15.1 Å². The highest BCUT2D eigenvalue weighted by Gasteiger charge is 2.38. The van der Waals surface area contributed by atoms with Crippen LogP contribution >= 0.6 is 0 Å². The van der Waals surface area contributed by atoms with Crippen molar-refractivity contribution in [3.8, 4) is 22.6 Å². The quantitative estimate of drug-likeness (QED) is 0.522. The van der Waals surface area contributed by atoms with Gasteiger partial charge in [0.15, 0.2) is 0 Å². The molecule has 3 aliphatic rings. The topological polar surface area (TPSA) is 79.6 Å². The summed E-state index contributed by atoms with van der Waals surface area (Å²) in [5.74, 6) is 2.22. The Balaban J connectivity index is 1.40. The number of nitrogens with one attached hydrogen (secondary N) is 1. The van der Waals surface area contributed by atoms with E-state index in [-0.39, 0.29) is 11.9 Å². The van der Waals surface area contributed by atoms with Crippen LogP contribution in [0.1, 0.15) is 37.8 Å². The predicted molar refractivity (Wildman–Crippen MR) is 131 cm³/mol. The fourth-order valence-corrected chi connectivity index (χ4v) is 6.09. The van der Waals surface area contributed by atoms with E-state index in [0.717, 1.165) is 54.5 Å². The maximum Gasteiger partial charge on any atom is 0.412 e. The fraction of sp³-hybridized carbons (Fsp3) is 0.407. The molecule has 0 bridgehead atoms. The summed E-state index contributed by atoms with van der Waals surface area (Å²) >= 11 is 0. The molecule has 0 spiro atoms. The average molecular weight is 477 g/mol. The molecule has 1 saturated heterocycles. The van der Waals surface area contributed by atoms with E-state index in [0.29, 0.717) is 36.1 Å². The third-order valence-corrected chi connectivity index (χ3v) is 7.90. The normalized spacial score (nSPS) is 25.4. The lowest BCUT2D eigenvalue weighted by atomic mass is 9.92. The van der Waals surface area contributed by atoms with Gasteiger partial charge in [0.2, 0.25) is 0 Å². The number of benzene rings is 2. The standard InChI is InChI=1S/C27H29FN4O3/c1-16-2-7-24-25(32(16)27(33)34)9-8-23(26(24)35-22-5-3-20(28)4-6-22)19-14-30-31(15-19)21-10-17-12-29-13-18(17)11-21/h3-6,8-9,14-18,21,29H,2,7,10-13H2,1H3,(H,33,34)/t16-,17?,18?,21?/m0/s1. The van der Waals surface area contributed by atoms with Crippen LogP contribution < -0.4 is 15.0 Å². The highest BCUT2D eigenvalue weighted by molar-refractivity contribution is 5.91. The van der Waals surface area contributed by atoms with Gasteiger partial charge >= 0.3 is 6.09 Å². The molecule has 3 atom stereocenters. The molecular weight excluding hydrogens is 447 g/mol. The van der Waals surface area contributed by atoms with E-state index in [2.05, 4.69) is 16.2 Å². The van der Waals surface area contributed by atoms with Gasteiger partial charge < -0.3 is 15.2 Å². The van der Waals surface area contributed by atoms with Gasteiger partial charge in [0.25, 0.3) is 0 Å². The van der Waals surface area contributed by atoms with Crippen molar-refractivity contribution in [1.29, 1.82) is 0 Å². The Labute approximate surface area is 203 Å². The van der Waals surface area contributed by atoms with Gasteiger partial charge in [-0.25, -0.2) is 9.18 Å². The van der Waals surface area contributed by atoms with E-state index in [1.54, 1.807) is 12.1 Å². The number of halogens is 1. The van der Waals surface area contributed by atoms with Crippen molar-refractivity contribution in [3.05, 3.63) is 60.2 Å². The van der Waals surface area contributed by atoms with E-state index in [1.807, 2.05) is 25.3 Å². The fourth-order valence-electron chi connectivity index (χ4n) is 6.09. The van der Waals surface area contributed by atoms with Gasteiger partial charge in [0.05, 0.1) is 17.9 Å². The van der Waals surface area contributed by atoms with Gasteiger partial charge in [-0.2, -0.15) is 5.10 Å². The second-order valence-electron chi connectivity index (χ2n) is 10.0. The van der Waals surface area contributed by atoms with E-state index in [1.165, 1.54) is 17.0 Å². The first-order valence-corrected chi connectivity index (χ1v) is 12.3. The Hall–Kier alpha value is -3.39. The summed E-state index contributed by atoms with van der Waals surface area (Å²) in [6.45, 7) is 4.10. The summed E-state index contributed by atoms with van der Waals surface area (Å²) in [7, 11) is 0. The van der Waals surface area contributed by atoms with Crippen LogP contribution in [-0.4, -0.2) is 40.1 Å². The summed E-state index contributed by atoms with van der Waals surface area (Å²) in [5.41, 5.74) is 3.28. The molecule has 7 nitrogen and oxygen atoms in total. The lowest BCUT2D eigenvalue weighted by molar-refractivity contribution is 0.198. The minimum absolute atomic E-state index is 0.122. The maximum atomic E-state index is 13.5. The number of fused-ring (bicyclic) bond motifs is 2. The smallest absolute Gasteiger partial charge is 0.412 e. The number of amides is 1. The summed E-state index contributed by atoms with van der Waals surface area (Å²) in [6, 6.07) is 9.96. The summed E-state index contributed by atoms with van der Waals surface area (Å²) in [5, 5.41) is 18.1. The molecule has 2 aromatic carbocycles. The number of hydrogen-bond donors (Lipinski definition) is 2. The number of hydrogen-bond acceptors (Lipinski definition) is 4. The van der Waals surface area contributed by atoms with Gasteiger partial charge in [-0.3, -0.25) is 9.58 Å². The Morgan fingerprint density at radius 1 is 1.14 bits per heavy atom. The Bertz CT molecular complexity index is 1250. The molecule has 8 heteroatoms. The molecule has 2 N–H and O–H groups in total. The molecule has 3 heterocycles. The molecule has 3 aromatic rings. The third kappa shape index (κ3) is 3.95. The zero-order valence-electron chi connectivity index (χ0n) is 19.7. The Kier molecular flexibility index (Phi) is 5.48. The average Bonchev–Trinajstić information content (AvgIpc) is 3.56. The molecule has 2 aliphatic heterocycles. The molecule has 6 rings (SSSR count). The maximum absolute atomic E-state index is 13.5. The molecule has 2 fully saturated rings. The number of aromatic nitrogens is 2. The van der Waals surface area contributed by atoms with Crippen LogP contribution in [0.25, 0.3) is 11.1 Å². The van der Waals surface area contributed by atoms with Crippen LogP contribution in [0.3, 0.4) is 0 Å². The van der Waals surface area contributed by atoms with E-state index in [4.69, 9.17) is 9.84 Å². The van der Waals surface area contributed by atoms with Crippen LogP contribution in [0.2, 0.25) is 0 Å². The van der Waals surface area contributed by atoms with E-state index >= 15 is 0 Å². The molecule has 0 radical (unpaired) electrons. The highest BCUT2D eigenvalue weighted by atomic mass is 19.1. The van der Waals surface area contributed by atoms with Crippen molar-refractivity contribution in [2.75, 3.05) is 18.0 Å².